The molecule has 0 bridgehead atoms. The predicted octanol–water partition coefficient (Wildman–Crippen LogP) is 6.06. The molecule has 0 unspecified atom stereocenters. The monoisotopic (exact) mass is 647 g/mol. The normalized spacial score (nSPS) is 14.2. The second-order valence-electron chi connectivity index (χ2n) is 10.8. The molecule has 42 heavy (non-hydrogen) atoms. The molecular weight excluding hydrogens is 614 g/mol. The zero-order valence-electron chi connectivity index (χ0n) is 23.7. The Hall–Kier alpha value is -3.69. The quantitative estimate of drug-likeness (QED) is 0.215. The molecule has 1 N–H and O–H groups in total. The van der Waals surface area contributed by atoms with E-state index in [1.807, 2.05) is 92.7 Å². The fourth-order valence-electron chi connectivity index (χ4n) is 5.48. The van der Waals surface area contributed by atoms with Gasteiger partial charge in [-0.3, -0.25) is 13.9 Å². The topological polar surface area (TPSA) is 86.8 Å². The van der Waals surface area contributed by atoms with Crippen molar-refractivity contribution in [1.82, 2.24) is 10.2 Å². The Morgan fingerprint density at radius 3 is 2.31 bits per heavy atom. The average molecular weight is 649 g/mol. The smallest absolute Gasteiger partial charge is 0.265 e. The summed E-state index contributed by atoms with van der Waals surface area (Å²) in [6.07, 6.45) is 0.755. The van der Waals surface area contributed by atoms with Crippen molar-refractivity contribution >= 4 is 54.2 Å². The van der Waals surface area contributed by atoms with Gasteiger partial charge in [0.15, 0.2) is 0 Å². The summed E-state index contributed by atoms with van der Waals surface area (Å²) >= 11 is 3.51. The number of sulfonamides is 1. The fraction of sp³-hybridized carbons (Fsp3) is 0.273. The minimum Gasteiger partial charge on any atom is -0.352 e. The Balaban J connectivity index is 1.40. The van der Waals surface area contributed by atoms with Crippen LogP contribution in [0.3, 0.4) is 0 Å². The SMILES string of the molecule is CC(C)NC(=O)[C@H](Cc1ccccc1)N(Cc1cccc(Br)c1)C(=O)CCCN1c2cccc3cccc(c23)S1(=O)=O. The van der Waals surface area contributed by atoms with Gasteiger partial charge in [-0.1, -0.05) is 82.7 Å². The first kappa shape index (κ1) is 29.8. The number of anilines is 1. The summed E-state index contributed by atoms with van der Waals surface area (Å²) < 4.78 is 29.1. The lowest BCUT2D eigenvalue weighted by Crippen LogP contribution is -2.51. The van der Waals surface area contributed by atoms with E-state index in [1.54, 1.807) is 17.0 Å². The number of nitrogens with zero attached hydrogens (tertiary/aromatic N) is 2. The van der Waals surface area contributed by atoms with Gasteiger partial charge in [0.25, 0.3) is 10.0 Å². The van der Waals surface area contributed by atoms with Gasteiger partial charge >= 0.3 is 0 Å². The third kappa shape index (κ3) is 6.37. The highest BCUT2D eigenvalue weighted by atomic mass is 79.9. The molecule has 2 amide bonds. The van der Waals surface area contributed by atoms with Crippen LogP contribution in [0.4, 0.5) is 5.69 Å². The maximum atomic E-state index is 14.0. The van der Waals surface area contributed by atoms with Crippen LogP contribution in [0, 0.1) is 0 Å². The third-order valence-electron chi connectivity index (χ3n) is 7.38. The molecule has 0 aliphatic carbocycles. The summed E-state index contributed by atoms with van der Waals surface area (Å²) in [5.74, 6) is -0.427. The van der Waals surface area contributed by atoms with Crippen LogP contribution in [-0.4, -0.2) is 43.8 Å². The van der Waals surface area contributed by atoms with Gasteiger partial charge in [0.05, 0.1) is 10.6 Å². The fourth-order valence-corrected chi connectivity index (χ4v) is 7.68. The van der Waals surface area contributed by atoms with Crippen molar-refractivity contribution in [2.45, 2.75) is 56.6 Å². The highest BCUT2D eigenvalue weighted by Gasteiger charge is 2.36. The molecule has 7 nitrogen and oxygen atoms in total. The van der Waals surface area contributed by atoms with Gasteiger partial charge in [-0.15, -0.1) is 0 Å². The van der Waals surface area contributed by atoms with Crippen molar-refractivity contribution in [3.05, 3.63) is 107 Å². The summed E-state index contributed by atoms with van der Waals surface area (Å²) in [6.45, 7) is 4.20. The summed E-state index contributed by atoms with van der Waals surface area (Å²) in [5, 5.41) is 4.59. The molecule has 0 saturated carbocycles. The van der Waals surface area contributed by atoms with E-state index >= 15 is 0 Å². The van der Waals surface area contributed by atoms with Crippen molar-refractivity contribution in [3.63, 3.8) is 0 Å². The molecule has 0 fully saturated rings. The lowest BCUT2D eigenvalue weighted by molar-refractivity contribution is -0.141. The minimum absolute atomic E-state index is 0.0899. The molecule has 4 aromatic carbocycles. The average Bonchev–Trinajstić information content (AvgIpc) is 3.18. The summed E-state index contributed by atoms with van der Waals surface area (Å²) in [6, 6.07) is 27.4. The van der Waals surface area contributed by atoms with E-state index in [2.05, 4.69) is 21.2 Å². The summed E-state index contributed by atoms with van der Waals surface area (Å²) in [4.78, 5) is 29.5. The van der Waals surface area contributed by atoms with Crippen molar-refractivity contribution in [2.24, 2.45) is 0 Å². The van der Waals surface area contributed by atoms with E-state index in [0.717, 1.165) is 26.4 Å². The molecule has 1 aliphatic heterocycles. The molecule has 5 rings (SSSR count). The first-order valence-electron chi connectivity index (χ1n) is 14.1. The second-order valence-corrected chi connectivity index (χ2v) is 13.6. The Morgan fingerprint density at radius 2 is 1.60 bits per heavy atom. The maximum Gasteiger partial charge on any atom is 0.265 e. The molecule has 1 atom stereocenters. The molecular formula is C33H34BrN3O4S. The van der Waals surface area contributed by atoms with Gasteiger partial charge in [0, 0.05) is 41.8 Å². The van der Waals surface area contributed by atoms with Crippen LogP contribution in [0.1, 0.15) is 37.8 Å². The van der Waals surface area contributed by atoms with E-state index in [-0.39, 0.29) is 37.4 Å². The summed E-state index contributed by atoms with van der Waals surface area (Å²) in [7, 11) is -3.71. The molecule has 0 saturated heterocycles. The van der Waals surface area contributed by atoms with Crippen molar-refractivity contribution in [1.29, 1.82) is 0 Å². The Morgan fingerprint density at radius 1 is 0.905 bits per heavy atom. The molecule has 218 valence electrons. The number of amides is 2. The molecule has 9 heteroatoms. The number of halogens is 1. The molecule has 0 spiro atoms. The van der Waals surface area contributed by atoms with Gasteiger partial charge in [-0.05, 0) is 61.0 Å². The number of hydrogen-bond acceptors (Lipinski definition) is 4. The zero-order valence-corrected chi connectivity index (χ0v) is 26.1. The molecule has 0 aromatic heterocycles. The van der Waals surface area contributed by atoms with E-state index in [1.165, 1.54) is 4.31 Å². The number of nitrogens with one attached hydrogen (secondary N) is 1. The van der Waals surface area contributed by atoms with Crippen LogP contribution in [0.5, 0.6) is 0 Å². The number of rotatable bonds is 11. The van der Waals surface area contributed by atoms with Crippen LogP contribution in [-0.2, 0) is 32.6 Å². The van der Waals surface area contributed by atoms with Gasteiger partial charge < -0.3 is 10.2 Å². The van der Waals surface area contributed by atoms with Crippen molar-refractivity contribution in [2.75, 3.05) is 10.8 Å². The first-order valence-corrected chi connectivity index (χ1v) is 16.3. The van der Waals surface area contributed by atoms with Gasteiger partial charge in [0.2, 0.25) is 11.8 Å². The number of hydrogen-bond donors (Lipinski definition) is 1. The van der Waals surface area contributed by atoms with E-state index < -0.39 is 16.1 Å². The van der Waals surface area contributed by atoms with E-state index in [4.69, 9.17) is 0 Å². The largest absolute Gasteiger partial charge is 0.352 e. The Kier molecular flexibility index (Phi) is 8.99. The first-order chi connectivity index (χ1) is 20.1. The zero-order chi connectivity index (χ0) is 29.9. The highest BCUT2D eigenvalue weighted by molar-refractivity contribution is 9.10. The van der Waals surface area contributed by atoms with Gasteiger partial charge in [-0.25, -0.2) is 8.42 Å². The van der Waals surface area contributed by atoms with Gasteiger partial charge in [0.1, 0.15) is 6.04 Å². The van der Waals surface area contributed by atoms with Crippen LogP contribution >= 0.6 is 15.9 Å². The lowest BCUT2D eigenvalue weighted by atomic mass is 10.0. The maximum absolute atomic E-state index is 14.0. The summed E-state index contributed by atoms with van der Waals surface area (Å²) in [5.41, 5.74) is 2.47. The van der Waals surface area contributed by atoms with Crippen molar-refractivity contribution < 1.29 is 18.0 Å². The number of benzene rings is 4. The highest BCUT2D eigenvalue weighted by Crippen LogP contribution is 2.42. The third-order valence-corrected chi connectivity index (χ3v) is 9.73. The standard InChI is InChI=1S/C33H34BrN3O4S/c1-23(2)35-33(39)29(21-24-10-4-3-5-11-24)36(22-25-12-6-15-27(34)20-25)31(38)18-9-19-37-28-16-7-13-26-14-8-17-30(32(26)28)42(37,40)41/h3-8,10-17,20,23,29H,9,18-19,21-22H2,1-2H3,(H,35,39)/t29-/m0/s1. The van der Waals surface area contributed by atoms with Crippen LogP contribution in [0.25, 0.3) is 10.8 Å². The second kappa shape index (κ2) is 12.7. The van der Waals surface area contributed by atoms with E-state index in [9.17, 15) is 18.0 Å². The molecule has 4 aromatic rings. The molecule has 1 aliphatic rings. The van der Waals surface area contributed by atoms with Crippen LogP contribution in [0.2, 0.25) is 0 Å². The molecule has 0 radical (unpaired) electrons. The molecule has 1 heterocycles. The Labute approximate surface area is 255 Å². The predicted molar refractivity (Wildman–Crippen MR) is 170 cm³/mol. The van der Waals surface area contributed by atoms with E-state index in [0.29, 0.717) is 23.4 Å². The van der Waals surface area contributed by atoms with Crippen LogP contribution < -0.4 is 9.62 Å². The minimum atomic E-state index is -3.71. The van der Waals surface area contributed by atoms with Crippen LogP contribution in [0.15, 0.2) is 100 Å². The van der Waals surface area contributed by atoms with Gasteiger partial charge in [-0.2, -0.15) is 0 Å². The van der Waals surface area contributed by atoms with Crippen molar-refractivity contribution in [3.8, 4) is 0 Å². The lowest BCUT2D eigenvalue weighted by Gasteiger charge is -2.32. The number of carbonyl (C=O) groups is 2. The Bertz CT molecular complexity index is 1700. The number of carbonyl (C=O) groups excluding carboxylic acids is 2.